The van der Waals surface area contributed by atoms with Crippen molar-refractivity contribution in [1.82, 2.24) is 20.6 Å². The lowest BCUT2D eigenvalue weighted by Gasteiger charge is -2.23. The van der Waals surface area contributed by atoms with Crippen LogP contribution in [0.15, 0.2) is 12.5 Å². The van der Waals surface area contributed by atoms with Gasteiger partial charge in [0.25, 0.3) is 0 Å². The Morgan fingerprint density at radius 1 is 1.50 bits per heavy atom. The third-order valence-corrected chi connectivity index (χ3v) is 2.62. The van der Waals surface area contributed by atoms with Crippen LogP contribution in [-0.4, -0.2) is 44.6 Å². The number of aromatic amines is 1. The van der Waals surface area contributed by atoms with Gasteiger partial charge in [0, 0.05) is 18.3 Å². The van der Waals surface area contributed by atoms with Gasteiger partial charge in [-0.2, -0.15) is 0 Å². The first-order chi connectivity index (χ1) is 9.22. The van der Waals surface area contributed by atoms with Crippen LogP contribution < -0.4 is 16.4 Å². The highest BCUT2D eigenvalue weighted by Crippen LogP contribution is 2.02. The highest BCUT2D eigenvalue weighted by Gasteiger charge is 2.29. The molecule has 1 aromatic rings. The SMILES string of the molecule is CC(C)(NC(=O)N[C@@H](Cc1cnc[nH]1)C(=O)O)C(N)=O. The lowest BCUT2D eigenvalue weighted by Crippen LogP contribution is -2.58. The van der Waals surface area contributed by atoms with Crippen molar-refractivity contribution in [2.24, 2.45) is 5.73 Å². The Hall–Kier alpha value is -2.58. The second-order valence-electron chi connectivity index (χ2n) is 4.76. The van der Waals surface area contributed by atoms with Crippen LogP contribution in [0.3, 0.4) is 0 Å². The summed E-state index contributed by atoms with van der Waals surface area (Å²) >= 11 is 0. The normalized spacial score (nSPS) is 12.5. The van der Waals surface area contributed by atoms with E-state index in [0.717, 1.165) is 0 Å². The predicted molar refractivity (Wildman–Crippen MR) is 68.7 cm³/mol. The fourth-order valence-corrected chi connectivity index (χ4v) is 1.36. The molecule has 0 aliphatic carbocycles. The Bertz CT molecular complexity index is 497. The molecule has 3 amide bonds. The van der Waals surface area contributed by atoms with E-state index in [1.807, 2.05) is 0 Å². The Kier molecular flexibility index (Phi) is 4.68. The quantitative estimate of drug-likeness (QED) is 0.452. The summed E-state index contributed by atoms with van der Waals surface area (Å²) in [6.45, 7) is 2.83. The number of nitrogens with one attached hydrogen (secondary N) is 3. The molecule has 0 aliphatic heterocycles. The van der Waals surface area contributed by atoms with Gasteiger partial charge in [-0.3, -0.25) is 4.79 Å². The van der Waals surface area contributed by atoms with Gasteiger partial charge in [-0.25, -0.2) is 14.6 Å². The fourth-order valence-electron chi connectivity index (χ4n) is 1.36. The molecule has 9 heteroatoms. The number of aliphatic carboxylic acids is 1. The number of urea groups is 1. The molecule has 1 aromatic heterocycles. The first-order valence-electron chi connectivity index (χ1n) is 5.81. The summed E-state index contributed by atoms with van der Waals surface area (Å²) in [6.07, 6.45) is 2.91. The summed E-state index contributed by atoms with van der Waals surface area (Å²) in [5, 5.41) is 13.6. The van der Waals surface area contributed by atoms with Crippen molar-refractivity contribution in [1.29, 1.82) is 0 Å². The average Bonchev–Trinajstić information content (AvgIpc) is 2.79. The van der Waals surface area contributed by atoms with Crippen LogP contribution in [-0.2, 0) is 16.0 Å². The molecule has 0 fully saturated rings. The lowest BCUT2D eigenvalue weighted by atomic mass is 10.1. The van der Waals surface area contributed by atoms with E-state index in [9.17, 15) is 14.4 Å². The molecule has 110 valence electrons. The van der Waals surface area contributed by atoms with E-state index in [1.54, 1.807) is 0 Å². The molecule has 6 N–H and O–H groups in total. The first kappa shape index (κ1) is 15.5. The minimum atomic E-state index is -1.28. The van der Waals surface area contributed by atoms with E-state index < -0.39 is 29.5 Å². The van der Waals surface area contributed by atoms with E-state index in [4.69, 9.17) is 10.8 Å². The molecule has 0 aromatic carbocycles. The van der Waals surface area contributed by atoms with Crippen molar-refractivity contribution in [2.75, 3.05) is 0 Å². The van der Waals surface area contributed by atoms with Gasteiger partial charge in [0.15, 0.2) is 0 Å². The number of carboxylic acids is 1. The van der Waals surface area contributed by atoms with Crippen LogP contribution in [0.1, 0.15) is 19.5 Å². The van der Waals surface area contributed by atoms with Gasteiger partial charge in [0.2, 0.25) is 5.91 Å². The Labute approximate surface area is 114 Å². The molecule has 20 heavy (non-hydrogen) atoms. The van der Waals surface area contributed by atoms with Crippen LogP contribution in [0, 0.1) is 0 Å². The van der Waals surface area contributed by atoms with Gasteiger partial charge in [-0.15, -0.1) is 0 Å². The maximum absolute atomic E-state index is 11.7. The Morgan fingerprint density at radius 3 is 2.60 bits per heavy atom. The summed E-state index contributed by atoms with van der Waals surface area (Å²) in [5.41, 5.74) is 4.39. The highest BCUT2D eigenvalue weighted by molar-refractivity contribution is 5.90. The lowest BCUT2D eigenvalue weighted by molar-refractivity contribution is -0.139. The maximum Gasteiger partial charge on any atom is 0.326 e. The van der Waals surface area contributed by atoms with E-state index in [0.29, 0.717) is 5.69 Å². The van der Waals surface area contributed by atoms with Gasteiger partial charge in [0.05, 0.1) is 6.33 Å². The molecule has 0 bridgehead atoms. The number of hydrogen-bond donors (Lipinski definition) is 5. The zero-order valence-corrected chi connectivity index (χ0v) is 11.1. The van der Waals surface area contributed by atoms with E-state index in [1.165, 1.54) is 26.4 Å². The number of hydrogen-bond acceptors (Lipinski definition) is 4. The van der Waals surface area contributed by atoms with Crippen molar-refractivity contribution in [3.05, 3.63) is 18.2 Å². The van der Waals surface area contributed by atoms with Crippen molar-refractivity contribution >= 4 is 17.9 Å². The summed E-state index contributed by atoms with van der Waals surface area (Å²) in [4.78, 5) is 40.4. The first-order valence-corrected chi connectivity index (χ1v) is 5.81. The molecule has 1 rings (SSSR count). The number of rotatable bonds is 6. The number of nitrogens with two attached hydrogens (primary N) is 1. The maximum atomic E-state index is 11.7. The number of aromatic nitrogens is 2. The van der Waals surface area contributed by atoms with E-state index in [2.05, 4.69) is 20.6 Å². The monoisotopic (exact) mass is 283 g/mol. The molecule has 1 atom stereocenters. The third kappa shape index (κ3) is 4.26. The zero-order chi connectivity index (χ0) is 15.3. The van der Waals surface area contributed by atoms with Crippen molar-refractivity contribution in [3.8, 4) is 0 Å². The zero-order valence-electron chi connectivity index (χ0n) is 11.1. The van der Waals surface area contributed by atoms with E-state index in [-0.39, 0.29) is 6.42 Å². The van der Waals surface area contributed by atoms with Crippen LogP contribution in [0.2, 0.25) is 0 Å². The van der Waals surface area contributed by atoms with E-state index >= 15 is 0 Å². The number of carbonyl (C=O) groups excluding carboxylic acids is 2. The van der Waals surface area contributed by atoms with Crippen molar-refractivity contribution < 1.29 is 19.5 Å². The minimum Gasteiger partial charge on any atom is -0.480 e. The van der Waals surface area contributed by atoms with Gasteiger partial charge >= 0.3 is 12.0 Å². The smallest absolute Gasteiger partial charge is 0.326 e. The third-order valence-electron chi connectivity index (χ3n) is 2.62. The number of imidazole rings is 1. The van der Waals surface area contributed by atoms with Gasteiger partial charge in [-0.1, -0.05) is 0 Å². The highest BCUT2D eigenvalue weighted by atomic mass is 16.4. The number of carboxylic acid groups (broad SMARTS) is 1. The molecule has 9 nitrogen and oxygen atoms in total. The summed E-state index contributed by atoms with van der Waals surface area (Å²) < 4.78 is 0. The molecular formula is C11H17N5O4. The summed E-state index contributed by atoms with van der Waals surface area (Å²) in [5.74, 6) is -1.93. The minimum absolute atomic E-state index is 0.0414. The number of nitrogens with zero attached hydrogens (tertiary/aromatic N) is 1. The predicted octanol–water partition coefficient (Wildman–Crippen LogP) is -1.03. The van der Waals surface area contributed by atoms with Crippen molar-refractivity contribution in [2.45, 2.75) is 31.8 Å². The van der Waals surface area contributed by atoms with Gasteiger partial charge in [0.1, 0.15) is 11.6 Å². The molecule has 0 unspecified atom stereocenters. The largest absolute Gasteiger partial charge is 0.480 e. The Balaban J connectivity index is 2.64. The molecule has 0 saturated heterocycles. The van der Waals surface area contributed by atoms with Crippen LogP contribution in [0.5, 0.6) is 0 Å². The molecule has 0 aliphatic rings. The van der Waals surface area contributed by atoms with Gasteiger partial charge < -0.3 is 26.5 Å². The number of H-pyrrole nitrogens is 1. The molecule has 0 spiro atoms. The molecular weight excluding hydrogens is 266 g/mol. The molecule has 0 saturated carbocycles. The molecule has 1 heterocycles. The Morgan fingerprint density at radius 2 is 2.15 bits per heavy atom. The van der Waals surface area contributed by atoms with Crippen LogP contribution in [0.4, 0.5) is 4.79 Å². The summed E-state index contributed by atoms with van der Waals surface area (Å²) in [7, 11) is 0. The standard InChI is InChI=1S/C11H17N5O4/c1-11(2,9(12)19)16-10(20)15-7(8(17)18)3-6-4-13-5-14-6/h4-5,7H,3H2,1-2H3,(H2,12,19)(H,13,14)(H,17,18)(H2,15,16,20)/t7-/m0/s1. The number of carbonyl (C=O) groups is 3. The summed E-state index contributed by atoms with van der Waals surface area (Å²) in [6, 6.07) is -1.94. The second kappa shape index (κ2) is 6.04. The topological polar surface area (TPSA) is 150 Å². The van der Waals surface area contributed by atoms with Crippen LogP contribution in [0.25, 0.3) is 0 Å². The fraction of sp³-hybridized carbons (Fsp3) is 0.455. The second-order valence-corrected chi connectivity index (χ2v) is 4.76. The van der Waals surface area contributed by atoms with Crippen molar-refractivity contribution in [3.63, 3.8) is 0 Å². The number of primary amides is 1. The average molecular weight is 283 g/mol. The molecule has 0 radical (unpaired) electrons. The van der Waals surface area contributed by atoms with Gasteiger partial charge in [-0.05, 0) is 13.8 Å². The van der Waals surface area contributed by atoms with Crippen LogP contribution >= 0.6 is 0 Å². The number of amides is 3.